The van der Waals surface area contributed by atoms with Gasteiger partial charge >= 0.3 is 17.5 Å². The molecule has 0 amide bonds. The Balaban J connectivity index is 2.05. The molecule has 2 heterocycles. The fourth-order valence-electron chi connectivity index (χ4n) is 3.34. The summed E-state index contributed by atoms with van der Waals surface area (Å²) in [6, 6.07) is 7.25. The van der Waals surface area contributed by atoms with Crippen molar-refractivity contribution in [2.45, 2.75) is 53.1 Å². The highest BCUT2D eigenvalue weighted by molar-refractivity contribution is 5.92. The number of hydrogen-bond acceptors (Lipinski definition) is 5. The molecule has 0 saturated heterocycles. The van der Waals surface area contributed by atoms with Crippen molar-refractivity contribution >= 4 is 17.0 Å². The lowest BCUT2D eigenvalue weighted by molar-refractivity contribution is -0.624. The van der Waals surface area contributed by atoms with Crippen molar-refractivity contribution in [3.05, 3.63) is 63.0 Å². The summed E-state index contributed by atoms with van der Waals surface area (Å²) in [6.07, 6.45) is 1.40. The van der Waals surface area contributed by atoms with Crippen molar-refractivity contribution in [2.24, 2.45) is 5.92 Å². The second-order valence-electron chi connectivity index (χ2n) is 8.79. The summed E-state index contributed by atoms with van der Waals surface area (Å²) in [5.74, 6) is -0.456. The number of carbonyl (C=O) groups excluding carboxylic acids is 1. The molecule has 8 heteroatoms. The average molecular weight is 413 g/mol. The second kappa shape index (κ2) is 7.85. The molecule has 1 aromatic carbocycles. The van der Waals surface area contributed by atoms with Gasteiger partial charge in [0.05, 0.1) is 5.52 Å². The lowest BCUT2D eigenvalue weighted by Crippen LogP contribution is -2.41. The molecular formula is C22H27N3O5. The molecule has 0 radical (unpaired) electrons. The van der Waals surface area contributed by atoms with E-state index in [4.69, 9.17) is 4.74 Å². The number of aromatic hydroxyl groups is 1. The number of carbonyl (C=O) groups is 1. The lowest BCUT2D eigenvalue weighted by Gasteiger charge is -2.19. The molecule has 3 aromatic rings. The third-order valence-electron chi connectivity index (χ3n) is 4.59. The molecule has 0 atom stereocenters. The van der Waals surface area contributed by atoms with Crippen LogP contribution in [-0.2, 0) is 17.6 Å². The topological polar surface area (TPSA) is 111 Å². The minimum absolute atomic E-state index is 0.0255. The fraction of sp³-hybridized carbons (Fsp3) is 0.409. The van der Waals surface area contributed by atoms with E-state index in [1.54, 1.807) is 39.1 Å². The number of ether oxygens (including phenoxy) is 1. The van der Waals surface area contributed by atoms with E-state index in [-0.39, 0.29) is 30.1 Å². The van der Waals surface area contributed by atoms with E-state index in [0.29, 0.717) is 15.8 Å². The maximum atomic E-state index is 12.6. The Morgan fingerprint density at radius 1 is 1.30 bits per heavy atom. The smallest absolute Gasteiger partial charge is 0.419 e. The summed E-state index contributed by atoms with van der Waals surface area (Å²) in [4.78, 5) is 27.7. The van der Waals surface area contributed by atoms with Crippen molar-refractivity contribution in [3.8, 4) is 5.88 Å². The van der Waals surface area contributed by atoms with Crippen molar-refractivity contribution in [2.75, 3.05) is 0 Å². The molecule has 0 aliphatic heterocycles. The fourth-order valence-corrected chi connectivity index (χ4v) is 3.34. The number of aromatic amines is 1. The maximum absolute atomic E-state index is 12.6. The van der Waals surface area contributed by atoms with Gasteiger partial charge in [0, 0.05) is 24.4 Å². The van der Waals surface area contributed by atoms with Gasteiger partial charge in [-0.05, 0) is 38.3 Å². The minimum atomic E-state index is -0.660. The molecule has 30 heavy (non-hydrogen) atoms. The van der Waals surface area contributed by atoms with Crippen LogP contribution < -0.4 is 10.3 Å². The monoisotopic (exact) mass is 413 g/mol. The number of benzene rings is 1. The number of nitrogens with zero attached hydrogens (tertiary/aromatic N) is 2. The molecule has 2 N–H and O–H groups in total. The first-order valence-corrected chi connectivity index (χ1v) is 9.86. The van der Waals surface area contributed by atoms with Crippen molar-refractivity contribution in [1.82, 2.24) is 9.55 Å². The SMILES string of the molecule is CC(C)Cc1c(=O)[nH]c(Cc2cn(C(=O)OC(C)(C)C)c3ccccc23)c(O)[n+]1[O-]. The van der Waals surface area contributed by atoms with E-state index < -0.39 is 23.1 Å². The molecular weight excluding hydrogens is 386 g/mol. The predicted molar refractivity (Wildman–Crippen MR) is 113 cm³/mol. The van der Waals surface area contributed by atoms with Crippen LogP contribution in [0.5, 0.6) is 5.88 Å². The lowest BCUT2D eigenvalue weighted by atomic mass is 10.1. The third kappa shape index (κ3) is 4.32. The van der Waals surface area contributed by atoms with Crippen LogP contribution in [-0.4, -0.2) is 26.4 Å². The van der Waals surface area contributed by atoms with Gasteiger partial charge in [0.15, 0.2) is 0 Å². The Bertz CT molecular complexity index is 1150. The number of fused-ring (bicyclic) bond motifs is 1. The molecule has 0 spiro atoms. The molecule has 0 saturated carbocycles. The van der Waals surface area contributed by atoms with Gasteiger partial charge in [-0.1, -0.05) is 32.0 Å². The first kappa shape index (κ1) is 21.4. The largest absolute Gasteiger partial charge is 0.616 e. The third-order valence-corrected chi connectivity index (χ3v) is 4.59. The Morgan fingerprint density at radius 2 is 1.97 bits per heavy atom. The molecule has 0 aliphatic rings. The summed E-state index contributed by atoms with van der Waals surface area (Å²) >= 11 is 0. The molecule has 160 valence electrons. The van der Waals surface area contributed by atoms with Crippen molar-refractivity contribution in [1.29, 1.82) is 0 Å². The molecule has 0 fully saturated rings. The summed E-state index contributed by atoms with van der Waals surface area (Å²) in [5.41, 5.74) is 0.181. The zero-order valence-electron chi connectivity index (χ0n) is 17.9. The number of nitrogens with one attached hydrogen (secondary N) is 1. The first-order chi connectivity index (χ1) is 14.0. The highest BCUT2D eigenvalue weighted by Gasteiger charge is 2.25. The van der Waals surface area contributed by atoms with Gasteiger partial charge in [-0.15, -0.1) is 4.73 Å². The highest BCUT2D eigenvalue weighted by Crippen LogP contribution is 2.26. The molecule has 0 bridgehead atoms. The Hall–Kier alpha value is -3.29. The van der Waals surface area contributed by atoms with Crippen LogP contribution in [0, 0.1) is 11.1 Å². The predicted octanol–water partition coefficient (Wildman–Crippen LogP) is 3.24. The highest BCUT2D eigenvalue weighted by atomic mass is 16.6. The minimum Gasteiger partial charge on any atom is -0.616 e. The second-order valence-corrected chi connectivity index (χ2v) is 8.79. The van der Waals surface area contributed by atoms with Gasteiger partial charge in [0.2, 0.25) is 0 Å². The van der Waals surface area contributed by atoms with E-state index >= 15 is 0 Å². The number of aromatic nitrogens is 3. The van der Waals surface area contributed by atoms with Gasteiger partial charge in [-0.2, -0.15) is 0 Å². The van der Waals surface area contributed by atoms with Crippen LogP contribution in [0.25, 0.3) is 10.9 Å². The van der Waals surface area contributed by atoms with Crippen molar-refractivity contribution < 1.29 is 19.4 Å². The van der Waals surface area contributed by atoms with Crippen LogP contribution in [0.2, 0.25) is 0 Å². The van der Waals surface area contributed by atoms with Crippen LogP contribution in [0.1, 0.15) is 51.6 Å². The number of rotatable bonds is 4. The Labute approximate surface area is 174 Å². The van der Waals surface area contributed by atoms with E-state index in [1.165, 1.54) is 4.57 Å². The maximum Gasteiger partial charge on any atom is 0.419 e. The molecule has 0 aliphatic carbocycles. The van der Waals surface area contributed by atoms with Gasteiger partial charge in [-0.25, -0.2) is 4.79 Å². The summed E-state index contributed by atoms with van der Waals surface area (Å²) in [7, 11) is 0. The summed E-state index contributed by atoms with van der Waals surface area (Å²) < 4.78 is 7.16. The standard InChI is InChI=1S/C22H27N3O5/c1-13(2)10-18-19(26)23-16(20(27)25(18)29)11-14-12-24(21(28)30-22(3,4)5)17-9-7-6-8-15(14)17/h6-9,12-13,27H,10-11H2,1-5H3,(H,23,26). The van der Waals surface area contributed by atoms with E-state index in [2.05, 4.69) is 4.98 Å². The van der Waals surface area contributed by atoms with E-state index in [0.717, 1.165) is 5.39 Å². The number of H-pyrrole nitrogens is 1. The zero-order chi connectivity index (χ0) is 22.2. The molecule has 2 aromatic heterocycles. The quantitative estimate of drug-likeness (QED) is 0.504. The number of hydrogen-bond donors (Lipinski definition) is 2. The average Bonchev–Trinajstić information content (AvgIpc) is 3.00. The molecule has 3 rings (SSSR count). The summed E-state index contributed by atoms with van der Waals surface area (Å²) in [5, 5.41) is 23.6. The van der Waals surface area contributed by atoms with Crippen LogP contribution >= 0.6 is 0 Å². The van der Waals surface area contributed by atoms with E-state index in [9.17, 15) is 19.9 Å². The Morgan fingerprint density at radius 3 is 2.60 bits per heavy atom. The molecule has 0 unspecified atom stereocenters. The van der Waals surface area contributed by atoms with Crippen LogP contribution in [0.15, 0.2) is 35.3 Å². The van der Waals surface area contributed by atoms with Crippen molar-refractivity contribution in [3.63, 3.8) is 0 Å². The van der Waals surface area contributed by atoms with Gasteiger partial charge < -0.3 is 20.0 Å². The normalized spacial score (nSPS) is 11.9. The van der Waals surface area contributed by atoms with Gasteiger partial charge in [-0.3, -0.25) is 9.36 Å². The van der Waals surface area contributed by atoms with Gasteiger partial charge in [0.1, 0.15) is 11.3 Å². The van der Waals surface area contributed by atoms with Crippen LogP contribution in [0.4, 0.5) is 4.79 Å². The number of para-hydroxylation sites is 1. The zero-order valence-corrected chi connectivity index (χ0v) is 17.9. The molecule has 8 nitrogen and oxygen atoms in total. The summed E-state index contributed by atoms with van der Waals surface area (Å²) in [6.45, 7) is 9.12. The van der Waals surface area contributed by atoms with E-state index in [1.807, 2.05) is 26.0 Å². The van der Waals surface area contributed by atoms with Gasteiger partial charge in [0.25, 0.3) is 5.69 Å². The Kier molecular flexibility index (Phi) is 5.61. The first-order valence-electron chi connectivity index (χ1n) is 9.86. The van der Waals surface area contributed by atoms with Crippen LogP contribution in [0.3, 0.4) is 0 Å².